The van der Waals surface area contributed by atoms with Crippen LogP contribution in [0.5, 0.6) is 0 Å². The van der Waals surface area contributed by atoms with Crippen molar-refractivity contribution in [3.63, 3.8) is 0 Å². The first-order valence-corrected chi connectivity index (χ1v) is 8.73. The van der Waals surface area contributed by atoms with Crippen LogP contribution < -0.4 is 16.0 Å². The Kier molecular flexibility index (Phi) is 5.13. The van der Waals surface area contributed by atoms with Crippen molar-refractivity contribution in [1.82, 2.24) is 5.32 Å². The quantitative estimate of drug-likeness (QED) is 0.804. The normalized spacial score (nSPS) is 16.8. The molecule has 1 heterocycles. The summed E-state index contributed by atoms with van der Waals surface area (Å²) >= 11 is 9.48. The van der Waals surface area contributed by atoms with Gasteiger partial charge in [-0.05, 0) is 48.0 Å². The van der Waals surface area contributed by atoms with Gasteiger partial charge < -0.3 is 16.0 Å². The zero-order valence-corrected chi connectivity index (χ0v) is 15.0. The van der Waals surface area contributed by atoms with Crippen molar-refractivity contribution in [2.75, 3.05) is 18.0 Å². The second-order valence-corrected chi connectivity index (χ2v) is 7.10. The maximum Gasteiger partial charge on any atom is 0.0923 e. The molecule has 0 aliphatic carbocycles. The van der Waals surface area contributed by atoms with Crippen LogP contribution in [0.15, 0.2) is 64.9 Å². The molecule has 1 atom stereocenters. The zero-order valence-electron chi connectivity index (χ0n) is 12.7. The second-order valence-electron chi connectivity index (χ2n) is 5.75. The van der Waals surface area contributed by atoms with Crippen LogP contribution in [0.3, 0.4) is 0 Å². The fourth-order valence-electron chi connectivity index (χ4n) is 2.74. The van der Waals surface area contributed by atoms with Gasteiger partial charge in [-0.3, -0.25) is 0 Å². The Morgan fingerprint density at radius 1 is 1.13 bits per heavy atom. The van der Waals surface area contributed by atoms with Gasteiger partial charge in [-0.25, -0.2) is 0 Å². The van der Waals surface area contributed by atoms with Crippen molar-refractivity contribution >= 4 is 33.2 Å². The average molecular weight is 393 g/mol. The molecular formula is C18H19BrClN3. The van der Waals surface area contributed by atoms with Gasteiger partial charge in [0.15, 0.2) is 0 Å². The summed E-state index contributed by atoms with van der Waals surface area (Å²) in [6.45, 7) is 2.64. The van der Waals surface area contributed by atoms with E-state index in [1.165, 1.54) is 11.3 Å². The van der Waals surface area contributed by atoms with Crippen LogP contribution in [-0.2, 0) is 6.54 Å². The smallest absolute Gasteiger partial charge is 0.0923 e. The van der Waals surface area contributed by atoms with E-state index in [1.807, 2.05) is 12.1 Å². The average Bonchev–Trinajstić information content (AvgIpc) is 2.95. The Labute approximate surface area is 150 Å². The number of hydrogen-bond donors (Lipinski definition) is 2. The molecule has 0 unspecified atom stereocenters. The Hall–Kier alpha value is -1.65. The standard InChI is InChI=1S/C18H19BrClN3/c19-15-3-7-17(8-4-15)23(12-14-9-18(21)22-10-14)11-13-1-5-16(20)6-2-13/h1-9,14,22H,10-12,21H2/t14-/m0/s1. The minimum absolute atomic E-state index is 0.408. The van der Waals surface area contributed by atoms with E-state index in [9.17, 15) is 0 Å². The van der Waals surface area contributed by atoms with E-state index < -0.39 is 0 Å². The number of nitrogens with two attached hydrogens (primary N) is 1. The molecule has 5 heteroatoms. The molecule has 0 fully saturated rings. The van der Waals surface area contributed by atoms with E-state index in [-0.39, 0.29) is 0 Å². The number of rotatable bonds is 5. The van der Waals surface area contributed by atoms with Gasteiger partial charge in [0.2, 0.25) is 0 Å². The fraction of sp³-hybridized carbons (Fsp3) is 0.222. The number of benzene rings is 2. The molecule has 0 aromatic heterocycles. The van der Waals surface area contributed by atoms with Crippen LogP contribution in [0.2, 0.25) is 5.02 Å². The molecule has 0 radical (unpaired) electrons. The highest BCUT2D eigenvalue weighted by Gasteiger charge is 2.18. The number of anilines is 1. The van der Waals surface area contributed by atoms with Crippen molar-refractivity contribution in [3.8, 4) is 0 Å². The SMILES string of the molecule is NC1=C[C@H](CN(Cc2ccc(Cl)cc2)c2ccc(Br)cc2)CN1. The third-order valence-electron chi connectivity index (χ3n) is 3.92. The van der Waals surface area contributed by atoms with Gasteiger partial charge in [0, 0.05) is 40.7 Å². The molecule has 3 N–H and O–H groups in total. The molecule has 120 valence electrons. The van der Waals surface area contributed by atoms with E-state index >= 15 is 0 Å². The monoisotopic (exact) mass is 391 g/mol. The molecule has 3 rings (SSSR count). The van der Waals surface area contributed by atoms with Crippen molar-refractivity contribution < 1.29 is 0 Å². The first-order valence-electron chi connectivity index (χ1n) is 7.56. The number of halogens is 2. The lowest BCUT2D eigenvalue weighted by Crippen LogP contribution is -2.30. The molecular weight excluding hydrogens is 374 g/mol. The minimum atomic E-state index is 0.408. The molecule has 1 aliphatic heterocycles. The van der Waals surface area contributed by atoms with Crippen molar-refractivity contribution in [3.05, 3.63) is 75.5 Å². The molecule has 1 aliphatic rings. The minimum Gasteiger partial charge on any atom is -0.386 e. The summed E-state index contributed by atoms with van der Waals surface area (Å²) in [5.41, 5.74) is 8.27. The van der Waals surface area contributed by atoms with Crippen LogP contribution in [0.4, 0.5) is 5.69 Å². The summed E-state index contributed by atoms with van der Waals surface area (Å²) in [6, 6.07) is 16.4. The highest BCUT2D eigenvalue weighted by Crippen LogP contribution is 2.23. The second kappa shape index (κ2) is 7.28. The van der Waals surface area contributed by atoms with E-state index in [0.29, 0.717) is 5.92 Å². The third kappa shape index (κ3) is 4.43. The zero-order chi connectivity index (χ0) is 16.2. The van der Waals surface area contributed by atoms with Crippen LogP contribution in [0.1, 0.15) is 5.56 Å². The Balaban J connectivity index is 1.80. The molecule has 0 spiro atoms. The number of nitrogens with zero attached hydrogens (tertiary/aromatic N) is 1. The van der Waals surface area contributed by atoms with Gasteiger partial charge in [-0.15, -0.1) is 0 Å². The van der Waals surface area contributed by atoms with E-state index in [4.69, 9.17) is 17.3 Å². The van der Waals surface area contributed by atoms with Gasteiger partial charge in [-0.1, -0.05) is 39.7 Å². The largest absolute Gasteiger partial charge is 0.386 e. The topological polar surface area (TPSA) is 41.3 Å². The van der Waals surface area contributed by atoms with Crippen molar-refractivity contribution in [2.45, 2.75) is 6.54 Å². The fourth-order valence-corrected chi connectivity index (χ4v) is 3.13. The molecule has 23 heavy (non-hydrogen) atoms. The summed E-state index contributed by atoms with van der Waals surface area (Å²) < 4.78 is 1.08. The van der Waals surface area contributed by atoms with Crippen LogP contribution in [-0.4, -0.2) is 13.1 Å². The Morgan fingerprint density at radius 2 is 1.83 bits per heavy atom. The number of hydrogen-bond acceptors (Lipinski definition) is 3. The van der Waals surface area contributed by atoms with Gasteiger partial charge >= 0.3 is 0 Å². The van der Waals surface area contributed by atoms with Gasteiger partial charge in [0.25, 0.3) is 0 Å². The molecule has 3 nitrogen and oxygen atoms in total. The van der Waals surface area contributed by atoms with Gasteiger partial charge in [-0.2, -0.15) is 0 Å². The molecule has 0 saturated heterocycles. The lowest BCUT2D eigenvalue weighted by Gasteiger charge is -2.27. The summed E-state index contributed by atoms with van der Waals surface area (Å²) in [5.74, 6) is 1.18. The van der Waals surface area contributed by atoms with Crippen molar-refractivity contribution in [2.24, 2.45) is 11.7 Å². The molecule has 2 aromatic carbocycles. The molecule has 0 amide bonds. The van der Waals surface area contributed by atoms with Gasteiger partial charge in [0.05, 0.1) is 5.82 Å². The van der Waals surface area contributed by atoms with Crippen LogP contribution in [0.25, 0.3) is 0 Å². The van der Waals surface area contributed by atoms with E-state index in [0.717, 1.165) is 35.0 Å². The van der Waals surface area contributed by atoms with E-state index in [1.54, 1.807) is 0 Å². The molecule has 0 bridgehead atoms. The van der Waals surface area contributed by atoms with Crippen LogP contribution in [0, 0.1) is 5.92 Å². The highest BCUT2D eigenvalue weighted by atomic mass is 79.9. The first kappa shape index (κ1) is 16.2. The summed E-state index contributed by atoms with van der Waals surface area (Å²) in [6.07, 6.45) is 2.10. The maximum absolute atomic E-state index is 5.99. The maximum atomic E-state index is 5.99. The summed E-state index contributed by atoms with van der Waals surface area (Å²) in [7, 11) is 0. The summed E-state index contributed by atoms with van der Waals surface area (Å²) in [4.78, 5) is 2.37. The number of nitrogens with one attached hydrogen (secondary N) is 1. The Bertz CT molecular complexity index is 682. The van der Waals surface area contributed by atoms with Crippen molar-refractivity contribution in [1.29, 1.82) is 0 Å². The van der Waals surface area contributed by atoms with Gasteiger partial charge in [0.1, 0.15) is 0 Å². The highest BCUT2D eigenvalue weighted by molar-refractivity contribution is 9.10. The predicted molar refractivity (Wildman–Crippen MR) is 100 cm³/mol. The lowest BCUT2D eigenvalue weighted by molar-refractivity contribution is 0.615. The molecule has 2 aromatic rings. The predicted octanol–water partition coefficient (Wildman–Crippen LogP) is 4.13. The van der Waals surface area contributed by atoms with Crippen LogP contribution >= 0.6 is 27.5 Å². The van der Waals surface area contributed by atoms with E-state index in [2.05, 4.69) is 68.6 Å². The molecule has 0 saturated carbocycles. The Morgan fingerprint density at radius 3 is 2.43 bits per heavy atom. The summed E-state index contributed by atoms with van der Waals surface area (Å²) in [5, 5.41) is 3.96. The third-order valence-corrected chi connectivity index (χ3v) is 4.70. The first-order chi connectivity index (χ1) is 11.1. The lowest BCUT2D eigenvalue weighted by atomic mass is 10.1.